The van der Waals surface area contributed by atoms with Crippen LogP contribution in [0.2, 0.25) is 10.2 Å². The van der Waals surface area contributed by atoms with Crippen LogP contribution in [0.1, 0.15) is 5.56 Å². The van der Waals surface area contributed by atoms with E-state index in [1.54, 1.807) is 0 Å². The van der Waals surface area contributed by atoms with Gasteiger partial charge in [-0.3, -0.25) is 4.79 Å². The molecule has 0 N–H and O–H groups in total. The molecule has 0 spiro atoms. The molecule has 0 atom stereocenters. The average Bonchev–Trinajstić information content (AvgIpc) is 2.33. The summed E-state index contributed by atoms with van der Waals surface area (Å²) in [7, 11) is 0. The minimum absolute atomic E-state index is 0.00104. The minimum atomic E-state index is -4.67. The van der Waals surface area contributed by atoms with Gasteiger partial charge in [0.25, 0.3) is 5.88 Å². The average molecular weight is 326 g/mol. The van der Waals surface area contributed by atoms with Crippen LogP contribution in [0.3, 0.4) is 0 Å². The van der Waals surface area contributed by atoms with Crippen molar-refractivity contribution in [2.24, 2.45) is 0 Å². The Hall–Kier alpha value is -1.80. The number of aromatic nitrogens is 3. The molecule has 0 radical (unpaired) electrons. The number of nitrogens with zero attached hydrogens (tertiary/aromatic N) is 3. The Morgan fingerprint density at radius 2 is 1.90 bits per heavy atom. The van der Waals surface area contributed by atoms with Gasteiger partial charge in [-0.1, -0.05) is 23.2 Å². The van der Waals surface area contributed by atoms with Crippen molar-refractivity contribution in [3.05, 3.63) is 50.7 Å². The third-order valence-corrected chi connectivity index (χ3v) is 2.55. The first kappa shape index (κ1) is 14.6. The molecule has 0 aliphatic rings. The second-order valence-electron chi connectivity index (χ2n) is 3.48. The fourth-order valence-corrected chi connectivity index (χ4v) is 1.55. The highest BCUT2D eigenvalue weighted by Gasteiger charge is 2.32. The Balaban J connectivity index is 2.46. The Bertz CT molecular complexity index is 703. The van der Waals surface area contributed by atoms with E-state index < -0.39 is 22.3 Å². The number of alkyl halides is 3. The zero-order valence-corrected chi connectivity index (χ0v) is 10.9. The van der Waals surface area contributed by atoms with Gasteiger partial charge >= 0.3 is 11.7 Å². The van der Waals surface area contributed by atoms with Crippen LogP contribution in [0.5, 0.6) is 5.88 Å². The molecule has 2 aromatic rings. The fraction of sp³-hybridized carbons (Fsp3) is 0.100. The normalized spacial score (nSPS) is 11.4. The molecule has 0 aliphatic heterocycles. The fourth-order valence-electron chi connectivity index (χ4n) is 1.22. The molecule has 2 aromatic heterocycles. The molecule has 0 unspecified atom stereocenters. The van der Waals surface area contributed by atoms with E-state index in [1.807, 2.05) is 0 Å². The highest BCUT2D eigenvalue weighted by Crippen LogP contribution is 2.29. The predicted molar refractivity (Wildman–Crippen MR) is 63.8 cm³/mol. The van der Waals surface area contributed by atoms with Crippen molar-refractivity contribution < 1.29 is 18.0 Å². The largest absolute Gasteiger partial charge is 0.418 e. The maximum absolute atomic E-state index is 12.6. The molecule has 2 heterocycles. The summed E-state index contributed by atoms with van der Waals surface area (Å²) in [6, 6.07) is 1.64. The van der Waals surface area contributed by atoms with Crippen LogP contribution in [-0.2, 0) is 6.18 Å². The molecule has 10 heteroatoms. The SMILES string of the molecule is O=c1c(Cl)cc(C(F)(F)F)cn1Oc1cc(Cl)ncn1. The summed E-state index contributed by atoms with van der Waals surface area (Å²) in [4.78, 5) is 23.6. The molecular weight excluding hydrogens is 322 g/mol. The maximum atomic E-state index is 12.6. The molecule has 0 saturated heterocycles. The molecule has 106 valence electrons. The Morgan fingerprint density at radius 3 is 2.50 bits per heavy atom. The zero-order chi connectivity index (χ0) is 14.9. The summed E-state index contributed by atoms with van der Waals surface area (Å²) in [5, 5.41) is -0.638. The van der Waals surface area contributed by atoms with Crippen molar-refractivity contribution in [1.82, 2.24) is 14.7 Å². The molecule has 5 nitrogen and oxygen atoms in total. The van der Waals surface area contributed by atoms with E-state index in [0.717, 1.165) is 12.4 Å². The first-order valence-electron chi connectivity index (χ1n) is 4.92. The maximum Gasteiger partial charge on any atom is 0.418 e. The quantitative estimate of drug-likeness (QED) is 0.797. The van der Waals surface area contributed by atoms with Gasteiger partial charge in [0.2, 0.25) is 0 Å². The second kappa shape index (κ2) is 5.29. The van der Waals surface area contributed by atoms with Crippen molar-refractivity contribution in [2.75, 3.05) is 0 Å². The highest BCUT2D eigenvalue weighted by atomic mass is 35.5. The number of rotatable bonds is 2. The molecule has 0 amide bonds. The Morgan fingerprint density at radius 1 is 1.20 bits per heavy atom. The lowest BCUT2D eigenvalue weighted by Crippen LogP contribution is -2.26. The van der Waals surface area contributed by atoms with Crippen LogP contribution in [0, 0.1) is 0 Å². The van der Waals surface area contributed by atoms with E-state index in [-0.39, 0.29) is 11.0 Å². The molecule has 2 rings (SSSR count). The summed E-state index contributed by atoms with van der Waals surface area (Å²) >= 11 is 11.0. The van der Waals surface area contributed by atoms with Gasteiger partial charge in [0.15, 0.2) is 0 Å². The van der Waals surface area contributed by atoms with Gasteiger partial charge in [0.05, 0.1) is 11.8 Å². The van der Waals surface area contributed by atoms with Gasteiger partial charge in [0.1, 0.15) is 16.5 Å². The first-order chi connectivity index (χ1) is 9.27. The van der Waals surface area contributed by atoms with Crippen LogP contribution >= 0.6 is 23.2 Å². The molecule has 0 aromatic carbocycles. The molecule has 0 fully saturated rings. The smallest absolute Gasteiger partial charge is 0.352 e. The first-order valence-corrected chi connectivity index (χ1v) is 5.68. The van der Waals surface area contributed by atoms with Gasteiger partial charge < -0.3 is 4.84 Å². The minimum Gasteiger partial charge on any atom is -0.352 e. The van der Waals surface area contributed by atoms with Crippen molar-refractivity contribution in [2.45, 2.75) is 6.18 Å². The Kier molecular flexibility index (Phi) is 3.87. The van der Waals surface area contributed by atoms with E-state index in [4.69, 9.17) is 28.0 Å². The van der Waals surface area contributed by atoms with Crippen molar-refractivity contribution in [3.8, 4) is 5.88 Å². The van der Waals surface area contributed by atoms with Crippen LogP contribution in [-0.4, -0.2) is 14.7 Å². The lowest BCUT2D eigenvalue weighted by atomic mass is 10.3. The molecule has 0 saturated carbocycles. The molecule has 0 aliphatic carbocycles. The predicted octanol–water partition coefficient (Wildman–Crippen LogP) is 2.81. The summed E-state index contributed by atoms with van der Waals surface area (Å²) in [5.74, 6) is -0.206. The third-order valence-electron chi connectivity index (χ3n) is 2.07. The molecular formula is C10H4Cl2F3N3O2. The Labute approximate surface area is 119 Å². The highest BCUT2D eigenvalue weighted by molar-refractivity contribution is 6.30. The van der Waals surface area contributed by atoms with Gasteiger partial charge in [-0.05, 0) is 6.07 Å². The molecule has 0 bridgehead atoms. The van der Waals surface area contributed by atoms with E-state index >= 15 is 0 Å². The van der Waals surface area contributed by atoms with Crippen molar-refractivity contribution in [3.63, 3.8) is 0 Å². The standard InChI is InChI=1S/C10H4Cl2F3N3O2/c11-6-1-5(10(13,14)15)3-18(9(6)19)20-8-2-7(12)16-4-17-8/h1-4H. The number of pyridine rings is 1. The van der Waals surface area contributed by atoms with Crippen molar-refractivity contribution in [1.29, 1.82) is 0 Å². The van der Waals surface area contributed by atoms with E-state index in [2.05, 4.69) is 9.97 Å². The molecule has 20 heavy (non-hydrogen) atoms. The second-order valence-corrected chi connectivity index (χ2v) is 4.27. The number of hydrogen-bond acceptors (Lipinski definition) is 4. The summed E-state index contributed by atoms with van der Waals surface area (Å²) < 4.78 is 38.1. The van der Waals surface area contributed by atoms with E-state index in [9.17, 15) is 18.0 Å². The number of hydrogen-bond donors (Lipinski definition) is 0. The zero-order valence-electron chi connectivity index (χ0n) is 9.36. The lowest BCUT2D eigenvalue weighted by molar-refractivity contribution is -0.138. The van der Waals surface area contributed by atoms with Gasteiger partial charge in [-0.2, -0.15) is 18.2 Å². The van der Waals surface area contributed by atoms with Gasteiger partial charge in [0, 0.05) is 6.07 Å². The summed E-state index contributed by atoms with van der Waals surface area (Å²) in [6.45, 7) is 0. The van der Waals surface area contributed by atoms with Gasteiger partial charge in [-0.15, -0.1) is 4.73 Å². The summed E-state index contributed by atoms with van der Waals surface area (Å²) in [6.07, 6.45) is -3.19. The third kappa shape index (κ3) is 3.20. The van der Waals surface area contributed by atoms with Crippen LogP contribution < -0.4 is 10.4 Å². The topological polar surface area (TPSA) is 57.0 Å². The summed E-state index contributed by atoms with van der Waals surface area (Å²) in [5.41, 5.74) is -2.10. The lowest BCUT2D eigenvalue weighted by Gasteiger charge is -2.11. The van der Waals surface area contributed by atoms with E-state index in [1.165, 1.54) is 0 Å². The monoisotopic (exact) mass is 325 g/mol. The van der Waals surface area contributed by atoms with Crippen LogP contribution in [0.4, 0.5) is 13.2 Å². The van der Waals surface area contributed by atoms with Crippen molar-refractivity contribution >= 4 is 23.2 Å². The van der Waals surface area contributed by atoms with E-state index in [0.29, 0.717) is 17.0 Å². The van der Waals surface area contributed by atoms with Gasteiger partial charge in [-0.25, -0.2) is 4.98 Å². The van der Waals surface area contributed by atoms with Crippen LogP contribution in [0.25, 0.3) is 0 Å². The number of halogens is 5. The van der Waals surface area contributed by atoms with Crippen LogP contribution in [0.15, 0.2) is 29.5 Å².